The first kappa shape index (κ1) is 21.3. The van der Waals surface area contributed by atoms with Crippen LogP contribution in [0, 0.1) is 0 Å². The van der Waals surface area contributed by atoms with Crippen molar-refractivity contribution >= 4 is 10.8 Å². The number of rotatable bonds is 0. The SMILES string of the molecule is c1ccc2c(c1)C1C3c4ccccc4C24c2ccc5c6c(ccc(c26)C42c4ccccc4C1C3c1ccccc12)CC5. The molecule has 0 nitrogen and oxygen atoms in total. The summed E-state index contributed by atoms with van der Waals surface area (Å²) in [5, 5.41) is 3.10. The molecule has 0 radical (unpaired) electrons. The summed E-state index contributed by atoms with van der Waals surface area (Å²) in [4.78, 5) is 0. The van der Waals surface area contributed by atoms with E-state index >= 15 is 0 Å². The van der Waals surface area contributed by atoms with E-state index in [0.717, 1.165) is 12.8 Å². The largest absolute Gasteiger partial charge is 0.0641 e. The van der Waals surface area contributed by atoms with Gasteiger partial charge >= 0.3 is 0 Å². The van der Waals surface area contributed by atoms with Gasteiger partial charge in [-0.2, -0.15) is 0 Å². The Bertz CT molecular complexity index is 1980. The summed E-state index contributed by atoms with van der Waals surface area (Å²) in [5.41, 5.74) is 18.0. The van der Waals surface area contributed by atoms with Gasteiger partial charge in [0, 0.05) is 0 Å². The van der Waals surface area contributed by atoms with Gasteiger partial charge in [0.1, 0.15) is 0 Å². The lowest BCUT2D eigenvalue weighted by Crippen LogP contribution is -2.51. The third kappa shape index (κ3) is 1.85. The van der Waals surface area contributed by atoms with Gasteiger partial charge in [0.2, 0.25) is 0 Å². The van der Waals surface area contributed by atoms with Crippen LogP contribution in [0.25, 0.3) is 10.8 Å². The molecular weight excluding hydrogens is 504 g/mol. The molecule has 2 spiro atoms. The zero-order chi connectivity index (χ0) is 26.9. The maximum absolute atomic E-state index is 2.57. The maximum atomic E-state index is 2.57. The van der Waals surface area contributed by atoms with Crippen molar-refractivity contribution in [3.8, 4) is 0 Å². The highest BCUT2D eigenvalue weighted by Gasteiger charge is 2.72. The van der Waals surface area contributed by atoms with Crippen molar-refractivity contribution in [1.82, 2.24) is 0 Å². The molecule has 0 heteroatoms. The highest BCUT2D eigenvalue weighted by molar-refractivity contribution is 6.04. The van der Waals surface area contributed by atoms with Crippen LogP contribution in [-0.2, 0) is 23.7 Å². The molecule has 196 valence electrons. The number of hydrogen-bond acceptors (Lipinski definition) is 0. The number of benzene rings is 6. The van der Waals surface area contributed by atoms with Gasteiger partial charge < -0.3 is 0 Å². The number of aryl methyl sites for hydroxylation is 2. The van der Waals surface area contributed by atoms with Crippen molar-refractivity contribution in [1.29, 1.82) is 0 Å². The van der Waals surface area contributed by atoms with Gasteiger partial charge in [-0.15, -0.1) is 0 Å². The minimum absolute atomic E-state index is 0.359. The highest BCUT2D eigenvalue weighted by Crippen LogP contribution is 2.80. The second kappa shape index (κ2) is 6.63. The lowest BCUT2D eigenvalue weighted by Gasteiger charge is -2.53. The van der Waals surface area contributed by atoms with Crippen LogP contribution in [0.2, 0.25) is 0 Å². The molecule has 0 heterocycles. The molecule has 0 amide bonds. The molecule has 11 rings (SSSR count). The van der Waals surface area contributed by atoms with E-state index in [1.54, 1.807) is 66.4 Å². The number of fused-ring (bicyclic) bond motifs is 19. The molecule has 1 saturated carbocycles. The molecule has 0 N–H and O–H groups in total. The molecule has 6 aromatic rings. The van der Waals surface area contributed by atoms with Crippen LogP contribution in [0.3, 0.4) is 0 Å². The molecule has 0 aromatic heterocycles. The Kier molecular flexibility index (Phi) is 3.36. The van der Waals surface area contributed by atoms with Crippen LogP contribution in [0.4, 0.5) is 0 Å². The van der Waals surface area contributed by atoms with Gasteiger partial charge in [-0.05, 0) is 114 Å². The zero-order valence-electron chi connectivity index (χ0n) is 23.3. The topological polar surface area (TPSA) is 0 Å². The van der Waals surface area contributed by atoms with E-state index in [2.05, 4.69) is 121 Å². The molecule has 0 saturated heterocycles. The zero-order valence-corrected chi connectivity index (χ0v) is 23.3. The molecule has 0 atom stereocenters. The average molecular weight is 533 g/mol. The molecule has 5 aliphatic carbocycles. The normalized spacial score (nSPS) is 30.4. The number of hydrogen-bond donors (Lipinski definition) is 0. The average Bonchev–Trinajstić information content (AvgIpc) is 3.53. The van der Waals surface area contributed by atoms with Crippen LogP contribution >= 0.6 is 0 Å². The van der Waals surface area contributed by atoms with Gasteiger partial charge in [-0.3, -0.25) is 0 Å². The summed E-state index contributed by atoms with van der Waals surface area (Å²) >= 11 is 0. The van der Waals surface area contributed by atoms with Gasteiger partial charge in [0.25, 0.3) is 0 Å². The molecule has 0 unspecified atom stereocenters. The van der Waals surface area contributed by atoms with E-state index in [-0.39, 0.29) is 10.8 Å². The fourth-order valence-corrected chi connectivity index (χ4v) is 11.8. The van der Waals surface area contributed by atoms with Crippen LogP contribution in [0.1, 0.15) is 90.4 Å². The first-order valence-electron chi connectivity index (χ1n) is 15.8. The van der Waals surface area contributed by atoms with Crippen molar-refractivity contribution in [2.24, 2.45) is 0 Å². The lowest BCUT2D eigenvalue weighted by atomic mass is 9.48. The Morgan fingerprint density at radius 3 is 1.02 bits per heavy atom. The maximum Gasteiger partial charge on any atom is 0.0641 e. The lowest BCUT2D eigenvalue weighted by molar-refractivity contribution is 0.230. The molecular formula is C42H28. The quantitative estimate of drug-likeness (QED) is 0.183. The summed E-state index contributed by atoms with van der Waals surface area (Å²) in [6.45, 7) is 0. The Labute approximate surface area is 245 Å². The van der Waals surface area contributed by atoms with Crippen molar-refractivity contribution in [2.45, 2.75) is 47.3 Å². The molecule has 0 aliphatic heterocycles. The summed E-state index contributed by atoms with van der Waals surface area (Å²) in [5.74, 6) is 1.90. The third-order valence-electron chi connectivity index (χ3n) is 12.8. The van der Waals surface area contributed by atoms with Gasteiger partial charge in [0.05, 0.1) is 10.8 Å². The summed E-state index contributed by atoms with van der Waals surface area (Å²) in [6.07, 6.45) is 2.31. The highest BCUT2D eigenvalue weighted by atomic mass is 14.7. The predicted molar refractivity (Wildman–Crippen MR) is 168 cm³/mol. The molecule has 42 heavy (non-hydrogen) atoms. The Balaban J connectivity index is 1.48. The Morgan fingerprint density at radius 2 is 0.667 bits per heavy atom. The smallest absolute Gasteiger partial charge is 0.0620 e. The van der Waals surface area contributed by atoms with E-state index in [4.69, 9.17) is 0 Å². The van der Waals surface area contributed by atoms with E-state index in [1.807, 2.05) is 0 Å². The molecule has 1 fully saturated rings. The second-order valence-electron chi connectivity index (χ2n) is 13.7. The van der Waals surface area contributed by atoms with Crippen LogP contribution in [-0.4, -0.2) is 0 Å². The fourth-order valence-electron chi connectivity index (χ4n) is 11.8. The molecule has 5 aliphatic rings. The summed E-state index contributed by atoms with van der Waals surface area (Å²) < 4.78 is 0. The van der Waals surface area contributed by atoms with Crippen LogP contribution in [0.5, 0.6) is 0 Å². The van der Waals surface area contributed by atoms with E-state index < -0.39 is 0 Å². The van der Waals surface area contributed by atoms with Crippen molar-refractivity contribution < 1.29 is 0 Å². The fraction of sp³-hybridized carbons (Fsp3) is 0.190. The minimum atomic E-state index is -0.359. The molecule has 6 aromatic carbocycles. The van der Waals surface area contributed by atoms with Crippen molar-refractivity contribution in [2.75, 3.05) is 0 Å². The van der Waals surface area contributed by atoms with E-state index in [9.17, 15) is 0 Å². The minimum Gasteiger partial charge on any atom is -0.0620 e. The van der Waals surface area contributed by atoms with E-state index in [0.29, 0.717) is 23.7 Å². The monoisotopic (exact) mass is 532 g/mol. The standard InChI is InChI=1S/C42H28/c1-5-13-29-25(9-1)36-37-26-10-2-6-14-30(26)41(29)33-21-19-23-17-18-24-20-22-34(40(33)35(23)24)42(41)31-15-7-3-11-27(31)38(36)39(37)28-12-4-8-16-32(28)42/h1-16,19-22,36-39H,17-18H2. The van der Waals surface area contributed by atoms with Gasteiger partial charge in [0.15, 0.2) is 0 Å². The van der Waals surface area contributed by atoms with Crippen molar-refractivity contribution in [3.63, 3.8) is 0 Å². The van der Waals surface area contributed by atoms with Gasteiger partial charge in [-0.1, -0.05) is 121 Å². The summed E-state index contributed by atoms with van der Waals surface area (Å²) in [6, 6.07) is 48.9. The van der Waals surface area contributed by atoms with Crippen LogP contribution < -0.4 is 0 Å². The Morgan fingerprint density at radius 1 is 0.333 bits per heavy atom. The van der Waals surface area contributed by atoms with E-state index in [1.165, 1.54) is 11.1 Å². The second-order valence-corrected chi connectivity index (χ2v) is 13.7. The third-order valence-corrected chi connectivity index (χ3v) is 12.8. The summed E-state index contributed by atoms with van der Waals surface area (Å²) in [7, 11) is 0. The predicted octanol–water partition coefficient (Wildman–Crippen LogP) is 9.01. The first-order valence-corrected chi connectivity index (χ1v) is 15.8. The van der Waals surface area contributed by atoms with Gasteiger partial charge in [-0.25, -0.2) is 0 Å². The molecule has 0 bridgehead atoms. The van der Waals surface area contributed by atoms with Crippen LogP contribution in [0.15, 0.2) is 121 Å². The van der Waals surface area contributed by atoms with Crippen molar-refractivity contribution in [3.05, 3.63) is 188 Å². The first-order chi connectivity index (χ1) is 20.9. The Hall–Kier alpha value is -4.42.